The van der Waals surface area contributed by atoms with Crippen LogP contribution in [-0.2, 0) is 27.3 Å². The Kier molecular flexibility index (Phi) is 41.6. The smallest absolute Gasteiger partial charge is 0.343 e. The molecule has 0 rings (SSSR count). The molecule has 0 aliphatic heterocycles. The molecule has 0 amide bonds. The zero-order valence-electron chi connectivity index (χ0n) is 19.7. The van der Waals surface area contributed by atoms with Gasteiger partial charge in [0.05, 0.1) is 0 Å². The van der Waals surface area contributed by atoms with Crippen molar-refractivity contribution in [1.82, 2.24) is 0 Å². The molecule has 0 aromatic rings. The summed E-state index contributed by atoms with van der Waals surface area (Å²) in [4.78, 5) is 0. The van der Waals surface area contributed by atoms with Crippen molar-refractivity contribution < 1.29 is 27.3 Å². The van der Waals surface area contributed by atoms with Crippen molar-refractivity contribution in [2.75, 3.05) is 0 Å². The van der Waals surface area contributed by atoms with Gasteiger partial charge < -0.3 is 13.8 Å². The molecule has 160 valence electrons. The van der Waals surface area contributed by atoms with Crippen LogP contribution < -0.4 is 0 Å². The molecule has 0 heterocycles. The van der Waals surface area contributed by atoms with Crippen LogP contribution in [0.25, 0.3) is 0 Å². The molecule has 0 N–H and O–H groups in total. The van der Waals surface area contributed by atoms with E-state index in [-0.39, 0.29) is 27.3 Å². The number of unbranched alkanes of at least 4 members (excludes halogenated alkanes) is 20. The summed E-state index contributed by atoms with van der Waals surface area (Å²) in [6.45, 7) is 12.3. The predicted octanol–water partition coefficient (Wildman–Crippen LogP) is 10.3. The summed E-state index contributed by atoms with van der Waals surface area (Å²) >= 11 is 0. The average molecular weight is 479 g/mol. The molecule has 0 spiro atoms. The van der Waals surface area contributed by atoms with Crippen LogP contribution in [0, 0.1) is 13.8 Å². The molecule has 27 heavy (non-hydrogen) atoms. The molecule has 0 saturated carbocycles. The van der Waals surface area contributed by atoms with Gasteiger partial charge in [-0.2, -0.15) is 12.8 Å². The fourth-order valence-corrected chi connectivity index (χ4v) is 3.33. The van der Waals surface area contributed by atoms with Gasteiger partial charge in [0.25, 0.3) is 0 Å². The molecule has 0 aliphatic carbocycles. The van der Waals surface area contributed by atoms with Crippen LogP contribution in [0.2, 0.25) is 0 Å². The van der Waals surface area contributed by atoms with Crippen molar-refractivity contribution >= 4 is 0 Å². The first-order chi connectivity index (χ1) is 12.8. The summed E-state index contributed by atoms with van der Waals surface area (Å²) in [7, 11) is 0. The van der Waals surface area contributed by atoms with Crippen molar-refractivity contribution in [3.8, 4) is 0 Å². The van der Waals surface area contributed by atoms with Crippen LogP contribution in [0.5, 0.6) is 0 Å². The zero-order chi connectivity index (χ0) is 19.6. The maximum atomic E-state index is 3.85. The third-order valence-corrected chi connectivity index (χ3v) is 5.21. The topological polar surface area (TPSA) is 0 Å². The van der Waals surface area contributed by atoms with E-state index in [4.69, 9.17) is 0 Å². The molecular formula is C26H54Cd. The molecule has 0 unspecified atom stereocenters. The van der Waals surface area contributed by atoms with Gasteiger partial charge in [-0.3, -0.25) is 0 Å². The second kappa shape index (κ2) is 34.4. The summed E-state index contributed by atoms with van der Waals surface area (Å²) in [5.41, 5.74) is 0. The Morgan fingerprint density at radius 1 is 0.333 bits per heavy atom. The number of rotatable bonds is 20. The first-order valence-corrected chi connectivity index (χ1v) is 12.4. The minimum Gasteiger partial charge on any atom is -0.343 e. The monoisotopic (exact) mass is 480 g/mol. The number of hydrogen-bond acceptors (Lipinski definition) is 0. The number of hydrogen-bond donors (Lipinski definition) is 0. The molecule has 0 atom stereocenters. The zero-order valence-corrected chi connectivity index (χ0v) is 23.7. The molecule has 0 aromatic carbocycles. The van der Waals surface area contributed by atoms with E-state index in [1.807, 2.05) is 0 Å². The van der Waals surface area contributed by atoms with Crippen LogP contribution in [0.3, 0.4) is 0 Å². The van der Waals surface area contributed by atoms with Gasteiger partial charge in [0, 0.05) is 0 Å². The predicted molar refractivity (Wildman–Crippen MR) is 124 cm³/mol. The fourth-order valence-electron chi connectivity index (χ4n) is 3.33. The van der Waals surface area contributed by atoms with E-state index < -0.39 is 0 Å². The second-order valence-corrected chi connectivity index (χ2v) is 8.07. The Morgan fingerprint density at radius 3 is 0.704 bits per heavy atom. The summed E-state index contributed by atoms with van der Waals surface area (Å²) < 4.78 is 0. The van der Waals surface area contributed by atoms with E-state index in [0.717, 1.165) is 12.8 Å². The molecule has 0 bridgehead atoms. The minimum absolute atomic E-state index is 0. The van der Waals surface area contributed by atoms with E-state index in [1.54, 1.807) is 0 Å². The van der Waals surface area contributed by atoms with Crippen LogP contribution in [0.4, 0.5) is 0 Å². The normalized spacial score (nSPS) is 10.2. The molecular weight excluding hydrogens is 425 g/mol. The summed E-state index contributed by atoms with van der Waals surface area (Å²) in [6, 6.07) is 0. The van der Waals surface area contributed by atoms with Gasteiger partial charge in [0.1, 0.15) is 0 Å². The van der Waals surface area contributed by atoms with E-state index >= 15 is 0 Å². The van der Waals surface area contributed by atoms with Crippen molar-refractivity contribution in [2.45, 2.75) is 155 Å². The van der Waals surface area contributed by atoms with Crippen molar-refractivity contribution in [1.29, 1.82) is 0 Å². The molecule has 0 saturated heterocycles. The minimum atomic E-state index is 0. The molecule has 0 fully saturated rings. The van der Waals surface area contributed by atoms with E-state index in [1.165, 1.54) is 128 Å². The first-order valence-electron chi connectivity index (χ1n) is 12.4. The molecule has 0 radical (unpaired) electrons. The van der Waals surface area contributed by atoms with Gasteiger partial charge in [-0.05, 0) is 0 Å². The maximum Gasteiger partial charge on any atom is 2.00 e. The standard InChI is InChI=1S/2C13H27.Cd/c2*1-3-5-7-9-11-13-12-10-8-6-4-2;/h2*1,3-13H2,2H3;/q2*-1;+2. The SMILES string of the molecule is [CH2-]CCCCCCCCCCCC.[CH2-]CCCCCCCCCCCC.[Cd+2]. The molecule has 0 aliphatic rings. The van der Waals surface area contributed by atoms with E-state index in [2.05, 4.69) is 27.7 Å². The van der Waals surface area contributed by atoms with Crippen molar-refractivity contribution in [3.63, 3.8) is 0 Å². The second-order valence-electron chi connectivity index (χ2n) is 8.07. The van der Waals surface area contributed by atoms with Crippen molar-refractivity contribution in [3.05, 3.63) is 13.8 Å². The van der Waals surface area contributed by atoms with Gasteiger partial charge in [0.2, 0.25) is 0 Å². The van der Waals surface area contributed by atoms with E-state index in [0.29, 0.717) is 0 Å². The summed E-state index contributed by atoms with van der Waals surface area (Å²) in [5, 5.41) is 0. The molecule has 0 nitrogen and oxygen atoms in total. The quantitative estimate of drug-likeness (QED) is 0.0926. The maximum absolute atomic E-state index is 3.85. The molecule has 1 heteroatoms. The van der Waals surface area contributed by atoms with Crippen LogP contribution in [0.1, 0.15) is 155 Å². The Bertz CT molecular complexity index is 160. The Labute approximate surface area is 195 Å². The first kappa shape index (κ1) is 32.6. The van der Waals surface area contributed by atoms with Crippen LogP contribution >= 0.6 is 0 Å². The summed E-state index contributed by atoms with van der Waals surface area (Å²) in [6.07, 6.45) is 30.7. The Morgan fingerprint density at radius 2 is 0.519 bits per heavy atom. The Hall–Kier alpha value is 0.922. The van der Waals surface area contributed by atoms with Gasteiger partial charge in [-0.15, -0.1) is 0 Å². The van der Waals surface area contributed by atoms with Crippen LogP contribution in [-0.4, -0.2) is 0 Å². The third kappa shape index (κ3) is 38.2. The summed E-state index contributed by atoms with van der Waals surface area (Å²) in [5.74, 6) is 0. The van der Waals surface area contributed by atoms with E-state index in [9.17, 15) is 0 Å². The van der Waals surface area contributed by atoms with Gasteiger partial charge in [-0.1, -0.05) is 142 Å². The van der Waals surface area contributed by atoms with Gasteiger partial charge in [-0.25, -0.2) is 0 Å². The largest absolute Gasteiger partial charge is 2.00 e. The Balaban J connectivity index is -0.000000411. The molecule has 0 aromatic heterocycles. The van der Waals surface area contributed by atoms with Gasteiger partial charge >= 0.3 is 27.3 Å². The third-order valence-electron chi connectivity index (χ3n) is 5.21. The average Bonchev–Trinajstić information content (AvgIpc) is 2.66. The van der Waals surface area contributed by atoms with Crippen molar-refractivity contribution in [2.24, 2.45) is 0 Å². The fraction of sp³-hybridized carbons (Fsp3) is 0.923. The van der Waals surface area contributed by atoms with Crippen LogP contribution in [0.15, 0.2) is 0 Å². The van der Waals surface area contributed by atoms with Gasteiger partial charge in [0.15, 0.2) is 0 Å².